The smallest absolute Gasteiger partial charge is 0.249 e. The fourth-order valence-corrected chi connectivity index (χ4v) is 2.43. The van der Waals surface area contributed by atoms with E-state index in [2.05, 4.69) is 5.32 Å². The Morgan fingerprint density at radius 3 is 2.32 bits per heavy atom. The zero-order valence-corrected chi connectivity index (χ0v) is 13.8. The van der Waals surface area contributed by atoms with E-state index >= 15 is 0 Å². The number of hydrogen-bond acceptors (Lipinski definition) is 3. The van der Waals surface area contributed by atoms with Gasteiger partial charge in [0, 0.05) is 25.2 Å². The number of likely N-dealkylation sites (N-methyl/N-ethyl adjacent to an activating group) is 1. The van der Waals surface area contributed by atoms with Crippen LogP contribution in [0.2, 0.25) is 0 Å². The topological polar surface area (TPSA) is 58.6 Å². The van der Waals surface area contributed by atoms with E-state index in [0.29, 0.717) is 17.8 Å². The van der Waals surface area contributed by atoms with Crippen molar-refractivity contribution >= 4 is 18.0 Å². The Balaban J connectivity index is 2.19. The van der Waals surface area contributed by atoms with Crippen molar-refractivity contribution in [3.05, 3.63) is 59.7 Å². The highest BCUT2D eigenvalue weighted by Gasteiger charge is 2.23. The Bertz CT molecular complexity index is 730. The molecule has 0 unspecified atom stereocenters. The highest BCUT2D eigenvalue weighted by molar-refractivity contribution is 5.97. The number of hydrogen-bond donors (Lipinski definition) is 1. The fraction of sp³-hybridized carbons (Fsp3) is 0.222. The van der Waals surface area contributed by atoms with Crippen LogP contribution in [0.4, 0.5) is 14.5 Å². The molecule has 0 saturated carbocycles. The summed E-state index contributed by atoms with van der Waals surface area (Å²) in [5, 5.41) is 2.40. The molecule has 0 aromatic heterocycles. The van der Waals surface area contributed by atoms with E-state index in [1.165, 1.54) is 12.0 Å². The minimum atomic E-state index is -0.953. The van der Waals surface area contributed by atoms with E-state index in [4.69, 9.17) is 4.74 Å². The van der Waals surface area contributed by atoms with Crippen LogP contribution in [0.25, 0.3) is 0 Å². The first-order chi connectivity index (χ1) is 11.9. The van der Waals surface area contributed by atoms with Gasteiger partial charge in [-0.15, -0.1) is 0 Å². The molecule has 0 spiro atoms. The number of nitrogens with one attached hydrogen (secondary N) is 1. The second-order valence-corrected chi connectivity index (χ2v) is 5.41. The maximum atomic E-state index is 13.3. The molecule has 2 aromatic rings. The molecular weight excluding hydrogens is 330 g/mol. The predicted octanol–water partition coefficient (Wildman–Crippen LogP) is 2.29. The van der Waals surface area contributed by atoms with Crippen molar-refractivity contribution < 1.29 is 23.1 Å². The van der Waals surface area contributed by atoms with Crippen molar-refractivity contribution in [2.45, 2.75) is 12.5 Å². The lowest BCUT2D eigenvalue weighted by Crippen LogP contribution is -2.46. The van der Waals surface area contributed by atoms with Crippen molar-refractivity contribution in [3.63, 3.8) is 0 Å². The monoisotopic (exact) mass is 348 g/mol. The second kappa shape index (κ2) is 8.23. The van der Waals surface area contributed by atoms with E-state index in [0.717, 1.165) is 18.2 Å². The number of carbonyl (C=O) groups excluding carboxylic acids is 2. The summed E-state index contributed by atoms with van der Waals surface area (Å²) >= 11 is 0. The van der Waals surface area contributed by atoms with Crippen LogP contribution < -0.4 is 15.0 Å². The van der Waals surface area contributed by atoms with Gasteiger partial charge in [0.15, 0.2) is 0 Å². The molecule has 2 rings (SSSR count). The fourth-order valence-electron chi connectivity index (χ4n) is 2.43. The van der Waals surface area contributed by atoms with Crippen LogP contribution in [0.1, 0.15) is 5.56 Å². The van der Waals surface area contributed by atoms with Gasteiger partial charge in [0.2, 0.25) is 12.3 Å². The summed E-state index contributed by atoms with van der Waals surface area (Å²) in [5.74, 6) is -1.25. The molecule has 0 aliphatic carbocycles. The molecule has 0 bridgehead atoms. The standard InChI is InChI=1S/C18H18F2N2O3/c1-22(15-3-5-16(25-2)6-4-15)18(24)17(21-11-23)9-12-7-13(19)10-14(20)8-12/h3-8,10-11,17H,9H2,1-2H3,(H,21,23)/t17-/m0/s1. The average Bonchev–Trinajstić information content (AvgIpc) is 2.59. The van der Waals surface area contributed by atoms with Crippen LogP contribution in [0.15, 0.2) is 42.5 Å². The molecule has 0 saturated heterocycles. The molecule has 1 N–H and O–H groups in total. The maximum absolute atomic E-state index is 13.3. The third-order valence-corrected chi connectivity index (χ3v) is 3.72. The first-order valence-corrected chi connectivity index (χ1v) is 7.51. The molecule has 25 heavy (non-hydrogen) atoms. The van der Waals surface area contributed by atoms with Gasteiger partial charge in [0.05, 0.1) is 7.11 Å². The lowest BCUT2D eigenvalue weighted by atomic mass is 10.0. The SMILES string of the molecule is COc1ccc(N(C)C(=O)[C@H](Cc2cc(F)cc(F)c2)NC=O)cc1. The molecule has 2 aromatic carbocycles. The van der Waals surface area contributed by atoms with Gasteiger partial charge in [-0.1, -0.05) is 0 Å². The minimum Gasteiger partial charge on any atom is -0.497 e. The molecule has 0 radical (unpaired) electrons. The Kier molecular flexibility index (Phi) is 6.05. The van der Waals surface area contributed by atoms with Crippen molar-refractivity contribution in [1.82, 2.24) is 5.32 Å². The number of carbonyl (C=O) groups is 2. The summed E-state index contributed by atoms with van der Waals surface area (Å²) in [5.41, 5.74) is 0.863. The molecule has 2 amide bonds. The zero-order valence-electron chi connectivity index (χ0n) is 13.8. The lowest BCUT2D eigenvalue weighted by molar-refractivity contribution is -0.122. The van der Waals surface area contributed by atoms with Gasteiger partial charge < -0.3 is 15.0 Å². The first kappa shape index (κ1) is 18.4. The highest BCUT2D eigenvalue weighted by Crippen LogP contribution is 2.19. The van der Waals surface area contributed by atoms with E-state index < -0.39 is 23.6 Å². The first-order valence-electron chi connectivity index (χ1n) is 7.51. The van der Waals surface area contributed by atoms with Gasteiger partial charge >= 0.3 is 0 Å². The minimum absolute atomic E-state index is 0.0350. The number of amides is 2. The average molecular weight is 348 g/mol. The van der Waals surface area contributed by atoms with Crippen LogP contribution in [0.3, 0.4) is 0 Å². The van der Waals surface area contributed by atoms with E-state index in [1.807, 2.05) is 0 Å². The summed E-state index contributed by atoms with van der Waals surface area (Å²) in [6.07, 6.45) is 0.354. The Hall–Kier alpha value is -2.96. The zero-order chi connectivity index (χ0) is 18.4. The number of halogens is 2. The van der Waals surface area contributed by atoms with Gasteiger partial charge in [-0.25, -0.2) is 8.78 Å². The summed E-state index contributed by atoms with van der Waals surface area (Å²) in [7, 11) is 3.09. The predicted molar refractivity (Wildman–Crippen MR) is 89.5 cm³/mol. The summed E-state index contributed by atoms with van der Waals surface area (Å²) < 4.78 is 31.7. The van der Waals surface area contributed by atoms with Crippen molar-refractivity contribution in [3.8, 4) is 5.75 Å². The molecule has 0 fully saturated rings. The van der Waals surface area contributed by atoms with Gasteiger partial charge in [0.25, 0.3) is 0 Å². The van der Waals surface area contributed by atoms with Crippen molar-refractivity contribution in [2.24, 2.45) is 0 Å². The Morgan fingerprint density at radius 1 is 1.20 bits per heavy atom. The lowest BCUT2D eigenvalue weighted by Gasteiger charge is -2.24. The van der Waals surface area contributed by atoms with Crippen LogP contribution in [0.5, 0.6) is 5.75 Å². The Labute approximate surface area is 144 Å². The van der Waals surface area contributed by atoms with Crippen molar-refractivity contribution in [2.75, 3.05) is 19.1 Å². The molecular formula is C18H18F2N2O3. The number of anilines is 1. The molecule has 7 heteroatoms. The van der Waals surface area contributed by atoms with Crippen LogP contribution in [0, 0.1) is 11.6 Å². The largest absolute Gasteiger partial charge is 0.497 e. The van der Waals surface area contributed by atoms with Gasteiger partial charge in [-0.05, 0) is 42.0 Å². The van der Waals surface area contributed by atoms with Gasteiger partial charge in [0.1, 0.15) is 23.4 Å². The summed E-state index contributed by atoms with van der Waals surface area (Å²) in [6, 6.07) is 8.83. The number of methoxy groups -OCH3 is 1. The van der Waals surface area contributed by atoms with Crippen LogP contribution in [-0.4, -0.2) is 32.5 Å². The van der Waals surface area contributed by atoms with E-state index in [-0.39, 0.29) is 12.0 Å². The van der Waals surface area contributed by atoms with Crippen LogP contribution in [-0.2, 0) is 16.0 Å². The number of ether oxygens (including phenoxy) is 1. The highest BCUT2D eigenvalue weighted by atomic mass is 19.1. The van der Waals surface area contributed by atoms with Crippen molar-refractivity contribution in [1.29, 1.82) is 0 Å². The summed E-state index contributed by atoms with van der Waals surface area (Å²) in [6.45, 7) is 0. The van der Waals surface area contributed by atoms with E-state index in [9.17, 15) is 18.4 Å². The molecule has 5 nitrogen and oxygen atoms in total. The normalized spacial score (nSPS) is 11.5. The van der Waals surface area contributed by atoms with E-state index in [1.54, 1.807) is 31.3 Å². The van der Waals surface area contributed by atoms with Crippen LogP contribution >= 0.6 is 0 Å². The number of nitrogens with zero attached hydrogens (tertiary/aromatic N) is 1. The molecule has 1 atom stereocenters. The Morgan fingerprint density at radius 2 is 1.80 bits per heavy atom. The summed E-state index contributed by atoms with van der Waals surface area (Å²) in [4.78, 5) is 24.8. The molecule has 0 heterocycles. The molecule has 0 aliphatic rings. The number of rotatable bonds is 7. The second-order valence-electron chi connectivity index (χ2n) is 5.41. The molecule has 0 aliphatic heterocycles. The number of benzene rings is 2. The maximum Gasteiger partial charge on any atom is 0.249 e. The molecule has 132 valence electrons. The van der Waals surface area contributed by atoms with Gasteiger partial charge in [-0.3, -0.25) is 9.59 Å². The third-order valence-electron chi connectivity index (χ3n) is 3.72. The van der Waals surface area contributed by atoms with Gasteiger partial charge in [-0.2, -0.15) is 0 Å². The third kappa shape index (κ3) is 4.76. The quantitative estimate of drug-likeness (QED) is 0.781.